The molecule has 1 amide bonds. The number of aromatic carboxylic acids is 1. The number of hydrogen-bond donors (Lipinski definition) is 1. The second-order valence-corrected chi connectivity index (χ2v) is 5.08. The molecule has 2 aromatic rings. The van der Waals surface area contributed by atoms with Crippen LogP contribution in [0.15, 0.2) is 27.7 Å². The summed E-state index contributed by atoms with van der Waals surface area (Å²) in [5.41, 5.74) is 2.63. The van der Waals surface area contributed by atoms with Crippen molar-refractivity contribution in [2.24, 2.45) is 5.10 Å². The Kier molecular flexibility index (Phi) is 5.43. The molecular formula is C17H17N2O6-. The molecule has 0 aliphatic carbocycles. The van der Waals surface area contributed by atoms with Crippen LogP contribution in [-0.4, -0.2) is 32.3 Å². The van der Waals surface area contributed by atoms with E-state index in [9.17, 15) is 14.7 Å². The van der Waals surface area contributed by atoms with Gasteiger partial charge in [0, 0.05) is 5.56 Å². The lowest BCUT2D eigenvalue weighted by Gasteiger charge is -2.15. The molecule has 0 saturated carbocycles. The molecule has 0 fully saturated rings. The molecule has 25 heavy (non-hydrogen) atoms. The van der Waals surface area contributed by atoms with E-state index in [1.807, 2.05) is 0 Å². The van der Waals surface area contributed by atoms with Crippen molar-refractivity contribution in [3.8, 4) is 11.5 Å². The Morgan fingerprint density at radius 3 is 2.48 bits per heavy atom. The first-order chi connectivity index (χ1) is 11.9. The number of rotatable bonds is 6. The van der Waals surface area contributed by atoms with Crippen LogP contribution in [0.4, 0.5) is 0 Å². The van der Waals surface area contributed by atoms with Gasteiger partial charge in [-0.25, -0.2) is 5.43 Å². The third kappa shape index (κ3) is 3.79. The third-order valence-corrected chi connectivity index (χ3v) is 3.44. The summed E-state index contributed by atoms with van der Waals surface area (Å²) in [5, 5.41) is 15.2. The van der Waals surface area contributed by atoms with Gasteiger partial charge in [0.05, 0.1) is 37.5 Å². The van der Waals surface area contributed by atoms with Gasteiger partial charge in [0.2, 0.25) is 0 Å². The average molecular weight is 345 g/mol. The first kappa shape index (κ1) is 18.1. The van der Waals surface area contributed by atoms with Gasteiger partial charge in [0.1, 0.15) is 11.5 Å². The van der Waals surface area contributed by atoms with Crippen LogP contribution in [0.3, 0.4) is 0 Å². The van der Waals surface area contributed by atoms with E-state index in [0.717, 1.165) is 0 Å². The van der Waals surface area contributed by atoms with Gasteiger partial charge < -0.3 is 23.8 Å². The minimum atomic E-state index is -1.45. The first-order valence-corrected chi connectivity index (χ1v) is 7.25. The van der Waals surface area contributed by atoms with Crippen molar-refractivity contribution in [1.82, 2.24) is 5.43 Å². The fourth-order valence-corrected chi connectivity index (χ4v) is 2.34. The normalized spacial score (nSPS) is 10.7. The van der Waals surface area contributed by atoms with Gasteiger partial charge in [-0.1, -0.05) is 0 Å². The fraction of sp³-hybridized carbons (Fsp3) is 0.235. The molecule has 8 nitrogen and oxygen atoms in total. The number of benzene rings is 1. The molecule has 0 aliphatic rings. The maximum Gasteiger partial charge on any atom is 0.274 e. The number of nitrogens with zero attached hydrogens (tertiary/aromatic N) is 1. The second kappa shape index (κ2) is 7.52. The summed E-state index contributed by atoms with van der Waals surface area (Å²) in [6.45, 7) is 3.39. The summed E-state index contributed by atoms with van der Waals surface area (Å²) in [7, 11) is 2.71. The monoisotopic (exact) mass is 345 g/mol. The van der Waals surface area contributed by atoms with Gasteiger partial charge in [-0.05, 0) is 32.0 Å². The molecule has 1 N–H and O–H groups in total. The molecule has 0 radical (unpaired) electrons. The molecule has 0 bridgehead atoms. The standard InChI is InChI=1S/C17H18N2O6/c1-9-7-12(10(2)25-9)16(20)19-18-8-11-5-6-13(23-3)15(24-4)14(11)17(21)22/h5-8H,1-4H3,(H,19,20)(H,21,22)/p-1/b18-8-. The first-order valence-electron chi connectivity index (χ1n) is 7.25. The summed E-state index contributed by atoms with van der Waals surface area (Å²) in [6.07, 6.45) is 1.19. The number of methoxy groups -OCH3 is 2. The third-order valence-electron chi connectivity index (χ3n) is 3.44. The smallest absolute Gasteiger partial charge is 0.274 e. The highest BCUT2D eigenvalue weighted by Gasteiger charge is 2.16. The lowest BCUT2D eigenvalue weighted by molar-refractivity contribution is -0.255. The molecule has 0 spiro atoms. The van der Waals surface area contributed by atoms with Crippen LogP contribution in [0.1, 0.15) is 37.8 Å². The molecule has 0 saturated heterocycles. The van der Waals surface area contributed by atoms with E-state index < -0.39 is 11.9 Å². The molecule has 0 unspecified atom stereocenters. The molecule has 1 aromatic carbocycles. The largest absolute Gasteiger partial charge is 0.545 e. The predicted octanol–water partition coefficient (Wildman–Crippen LogP) is 1.04. The maximum absolute atomic E-state index is 12.1. The van der Waals surface area contributed by atoms with Crippen LogP contribution in [0, 0.1) is 13.8 Å². The summed E-state index contributed by atoms with van der Waals surface area (Å²) in [6, 6.07) is 4.58. The maximum atomic E-state index is 12.1. The van der Waals surface area contributed by atoms with Crippen molar-refractivity contribution >= 4 is 18.1 Å². The average Bonchev–Trinajstić information content (AvgIpc) is 2.92. The minimum Gasteiger partial charge on any atom is -0.545 e. The predicted molar refractivity (Wildman–Crippen MR) is 87.1 cm³/mol. The molecule has 1 aromatic heterocycles. The van der Waals surface area contributed by atoms with Crippen molar-refractivity contribution in [2.75, 3.05) is 14.2 Å². The van der Waals surface area contributed by atoms with Crippen LogP contribution in [0.2, 0.25) is 0 Å². The minimum absolute atomic E-state index is 0.0130. The number of carboxylic acid groups (broad SMARTS) is 1. The van der Waals surface area contributed by atoms with Crippen LogP contribution in [0.5, 0.6) is 11.5 Å². The summed E-state index contributed by atoms with van der Waals surface area (Å²) >= 11 is 0. The van der Waals surface area contributed by atoms with Gasteiger partial charge in [0.15, 0.2) is 11.5 Å². The van der Waals surface area contributed by atoms with Gasteiger partial charge in [-0.2, -0.15) is 5.10 Å². The Labute approximate surface area is 144 Å². The summed E-state index contributed by atoms with van der Waals surface area (Å²) in [4.78, 5) is 23.5. The second-order valence-electron chi connectivity index (χ2n) is 5.08. The fourth-order valence-electron chi connectivity index (χ4n) is 2.34. The number of nitrogens with one attached hydrogen (secondary N) is 1. The highest BCUT2D eigenvalue weighted by molar-refractivity contribution is 6.01. The van der Waals surface area contributed by atoms with Gasteiger partial charge in [-0.15, -0.1) is 0 Å². The Balaban J connectivity index is 2.27. The van der Waals surface area contributed by atoms with Crippen molar-refractivity contribution in [2.45, 2.75) is 13.8 Å². The Morgan fingerprint density at radius 2 is 1.96 bits per heavy atom. The zero-order valence-corrected chi connectivity index (χ0v) is 14.2. The summed E-state index contributed by atoms with van der Waals surface area (Å²) in [5.74, 6) is -0.602. The van der Waals surface area contributed by atoms with E-state index in [1.54, 1.807) is 19.9 Å². The van der Waals surface area contributed by atoms with Crippen molar-refractivity contribution < 1.29 is 28.6 Å². The number of hydrazone groups is 1. The van der Waals surface area contributed by atoms with E-state index in [2.05, 4.69) is 10.5 Å². The van der Waals surface area contributed by atoms with Crippen LogP contribution in [-0.2, 0) is 0 Å². The Bertz CT molecular complexity index is 838. The molecule has 0 atom stereocenters. The van der Waals surface area contributed by atoms with E-state index in [0.29, 0.717) is 17.1 Å². The van der Waals surface area contributed by atoms with Crippen LogP contribution < -0.4 is 20.0 Å². The van der Waals surface area contributed by atoms with Gasteiger partial charge in [-0.3, -0.25) is 4.79 Å². The lowest BCUT2D eigenvalue weighted by atomic mass is 10.1. The number of carbonyl (C=O) groups excluding carboxylic acids is 2. The van der Waals surface area contributed by atoms with Crippen molar-refractivity contribution in [1.29, 1.82) is 0 Å². The highest BCUT2D eigenvalue weighted by atomic mass is 16.5. The number of carbonyl (C=O) groups is 2. The Morgan fingerprint density at radius 1 is 1.24 bits per heavy atom. The molecule has 132 valence electrons. The number of ether oxygens (including phenoxy) is 2. The Hall–Kier alpha value is -3.29. The highest BCUT2D eigenvalue weighted by Crippen LogP contribution is 2.32. The number of hydrogen-bond acceptors (Lipinski definition) is 7. The summed E-state index contributed by atoms with van der Waals surface area (Å²) < 4.78 is 15.4. The lowest BCUT2D eigenvalue weighted by Crippen LogP contribution is -2.25. The van der Waals surface area contributed by atoms with Gasteiger partial charge in [0.25, 0.3) is 5.91 Å². The van der Waals surface area contributed by atoms with Gasteiger partial charge >= 0.3 is 0 Å². The SMILES string of the molecule is COc1ccc(/C=N\NC(=O)c2cc(C)oc2C)c(C(=O)[O-])c1OC. The molecule has 1 heterocycles. The zero-order chi connectivity index (χ0) is 18.6. The topological polar surface area (TPSA) is 113 Å². The van der Waals surface area contributed by atoms with Crippen LogP contribution >= 0.6 is 0 Å². The van der Waals surface area contributed by atoms with E-state index in [1.165, 1.54) is 32.6 Å². The number of carboxylic acids is 1. The number of aryl methyl sites for hydroxylation is 2. The quantitative estimate of drug-likeness (QED) is 0.618. The van der Waals surface area contributed by atoms with Crippen LogP contribution in [0.25, 0.3) is 0 Å². The van der Waals surface area contributed by atoms with E-state index in [4.69, 9.17) is 13.9 Å². The van der Waals surface area contributed by atoms with E-state index >= 15 is 0 Å². The molecular weight excluding hydrogens is 328 g/mol. The van der Waals surface area contributed by atoms with E-state index in [-0.39, 0.29) is 22.6 Å². The van der Waals surface area contributed by atoms with Crippen molar-refractivity contribution in [3.05, 3.63) is 46.4 Å². The number of furan rings is 1. The molecule has 0 aliphatic heterocycles. The molecule has 8 heteroatoms. The zero-order valence-electron chi connectivity index (χ0n) is 14.2. The van der Waals surface area contributed by atoms with Crippen molar-refractivity contribution in [3.63, 3.8) is 0 Å². The number of amides is 1. The molecule has 2 rings (SSSR count).